The van der Waals surface area contributed by atoms with Gasteiger partial charge < -0.3 is 19.3 Å². The molecule has 1 aliphatic heterocycles. The molecule has 4 heteroatoms. The van der Waals surface area contributed by atoms with Gasteiger partial charge in [0.2, 0.25) is 0 Å². The summed E-state index contributed by atoms with van der Waals surface area (Å²) in [4.78, 5) is 0. The van der Waals surface area contributed by atoms with E-state index in [0.29, 0.717) is 19.8 Å². The van der Waals surface area contributed by atoms with E-state index in [1.807, 2.05) is 67.6 Å². The van der Waals surface area contributed by atoms with E-state index in [0.717, 1.165) is 11.1 Å². The van der Waals surface area contributed by atoms with Gasteiger partial charge in [0.1, 0.15) is 12.2 Å². The first-order chi connectivity index (χ1) is 12.6. The van der Waals surface area contributed by atoms with E-state index in [1.54, 1.807) is 0 Å². The molecule has 0 amide bonds. The van der Waals surface area contributed by atoms with Gasteiger partial charge in [-0.1, -0.05) is 67.6 Å². The highest BCUT2D eigenvalue weighted by Gasteiger charge is 2.42. The number of benzene rings is 2. The van der Waals surface area contributed by atoms with Gasteiger partial charge in [-0.05, 0) is 18.1 Å². The van der Waals surface area contributed by atoms with Crippen molar-refractivity contribution >= 4 is 0 Å². The molecule has 0 aromatic heterocycles. The van der Waals surface area contributed by atoms with E-state index in [4.69, 9.17) is 14.2 Å². The Morgan fingerprint density at radius 2 is 1.46 bits per heavy atom. The molecule has 0 saturated carbocycles. The van der Waals surface area contributed by atoms with Gasteiger partial charge in [-0.25, -0.2) is 0 Å². The third-order valence-corrected chi connectivity index (χ3v) is 5.04. The van der Waals surface area contributed by atoms with E-state index in [2.05, 4.69) is 6.92 Å². The van der Waals surface area contributed by atoms with Crippen LogP contribution in [-0.2, 0) is 27.4 Å². The zero-order valence-electron chi connectivity index (χ0n) is 15.5. The Morgan fingerprint density at radius 1 is 0.885 bits per heavy atom. The molecule has 2 unspecified atom stereocenters. The highest BCUT2D eigenvalue weighted by atomic mass is 16.6. The second kappa shape index (κ2) is 9.28. The Bertz CT molecular complexity index is 646. The van der Waals surface area contributed by atoms with E-state index in [1.165, 1.54) is 0 Å². The third kappa shape index (κ3) is 4.92. The van der Waals surface area contributed by atoms with Gasteiger partial charge in [-0.2, -0.15) is 0 Å². The molecule has 4 nitrogen and oxygen atoms in total. The molecular weight excluding hydrogens is 328 g/mol. The Hall–Kier alpha value is -1.72. The number of ether oxygens (including phenoxy) is 3. The predicted octanol–water partition coefficient (Wildman–Crippen LogP) is 3.57. The van der Waals surface area contributed by atoms with Crippen molar-refractivity contribution < 1.29 is 19.3 Å². The minimum absolute atomic E-state index is 0.00417. The van der Waals surface area contributed by atoms with Gasteiger partial charge in [0.25, 0.3) is 0 Å². The molecule has 2 aromatic rings. The van der Waals surface area contributed by atoms with Crippen LogP contribution in [0.15, 0.2) is 60.7 Å². The van der Waals surface area contributed by atoms with Crippen molar-refractivity contribution in [1.82, 2.24) is 0 Å². The van der Waals surface area contributed by atoms with Crippen molar-refractivity contribution in [3.8, 4) is 0 Å². The van der Waals surface area contributed by atoms with Gasteiger partial charge in [-0.3, -0.25) is 0 Å². The second-order valence-corrected chi connectivity index (χ2v) is 6.99. The van der Waals surface area contributed by atoms with Crippen molar-refractivity contribution in [3.05, 3.63) is 71.8 Å². The Morgan fingerprint density at radius 3 is 2.08 bits per heavy atom. The number of aliphatic hydroxyl groups is 1. The van der Waals surface area contributed by atoms with Crippen LogP contribution in [0.5, 0.6) is 0 Å². The Labute approximate surface area is 155 Å². The Kier molecular flexibility index (Phi) is 6.80. The zero-order valence-corrected chi connectivity index (χ0v) is 15.5. The van der Waals surface area contributed by atoms with Crippen LogP contribution in [0.1, 0.15) is 25.0 Å². The first-order valence-corrected chi connectivity index (χ1v) is 9.26. The normalized spacial score (nSPS) is 28.8. The summed E-state index contributed by atoms with van der Waals surface area (Å²) in [6.07, 6.45) is -1.36. The van der Waals surface area contributed by atoms with Crippen LogP contribution in [0.25, 0.3) is 0 Å². The number of hydrogen-bond donors (Lipinski definition) is 1. The minimum Gasteiger partial charge on any atom is -0.388 e. The van der Waals surface area contributed by atoms with Crippen LogP contribution in [0.3, 0.4) is 0 Å². The molecule has 1 heterocycles. The molecule has 5 atom stereocenters. The third-order valence-electron chi connectivity index (χ3n) is 5.04. The van der Waals surface area contributed by atoms with Gasteiger partial charge in [0.15, 0.2) is 0 Å². The topological polar surface area (TPSA) is 47.9 Å². The summed E-state index contributed by atoms with van der Waals surface area (Å²) in [5.74, 6) is 0.110. The van der Waals surface area contributed by atoms with E-state index in [9.17, 15) is 5.11 Å². The summed E-state index contributed by atoms with van der Waals surface area (Å²) in [7, 11) is 0. The number of hydrogen-bond acceptors (Lipinski definition) is 4. The molecule has 3 rings (SSSR count). The average Bonchev–Trinajstić information content (AvgIpc) is 2.67. The lowest BCUT2D eigenvalue weighted by Crippen LogP contribution is -2.55. The molecule has 0 aliphatic carbocycles. The highest BCUT2D eigenvalue weighted by molar-refractivity contribution is 5.14. The molecule has 0 spiro atoms. The summed E-state index contributed by atoms with van der Waals surface area (Å²) in [5.41, 5.74) is 2.21. The van der Waals surface area contributed by atoms with Crippen LogP contribution >= 0.6 is 0 Å². The standard InChI is InChI=1S/C22H28O4/c1-16-17(2)26-20(15-24-13-18-9-5-3-6-10-18)21(23)22(16)25-14-19-11-7-4-8-12-19/h3-12,16-17,20-23H,13-15H2,1-2H3/t16?,17-,20?,21-,22-/m0/s1. The lowest BCUT2D eigenvalue weighted by atomic mass is 9.88. The minimum atomic E-state index is -0.708. The molecule has 140 valence electrons. The van der Waals surface area contributed by atoms with Gasteiger partial charge in [0, 0.05) is 5.92 Å². The molecule has 1 N–H and O–H groups in total. The summed E-state index contributed by atoms with van der Waals surface area (Å²) in [6, 6.07) is 20.0. The molecule has 2 aromatic carbocycles. The second-order valence-electron chi connectivity index (χ2n) is 6.99. The SMILES string of the molecule is CC1[C@H](C)OC(COCc2ccccc2)[C@H](O)[C@H]1OCc1ccccc1. The Balaban J connectivity index is 1.55. The fraction of sp³-hybridized carbons (Fsp3) is 0.455. The summed E-state index contributed by atoms with van der Waals surface area (Å²) < 4.78 is 17.8. The largest absolute Gasteiger partial charge is 0.388 e. The van der Waals surface area contributed by atoms with Gasteiger partial charge >= 0.3 is 0 Å². The molecular formula is C22H28O4. The monoisotopic (exact) mass is 356 g/mol. The van der Waals surface area contributed by atoms with Crippen LogP contribution in [0.2, 0.25) is 0 Å². The lowest BCUT2D eigenvalue weighted by molar-refractivity contribution is -0.221. The smallest absolute Gasteiger partial charge is 0.110 e. The fourth-order valence-corrected chi connectivity index (χ4v) is 3.29. The fourth-order valence-electron chi connectivity index (χ4n) is 3.29. The van der Waals surface area contributed by atoms with Crippen LogP contribution in [0, 0.1) is 5.92 Å². The van der Waals surface area contributed by atoms with Crippen molar-refractivity contribution in [3.63, 3.8) is 0 Å². The van der Waals surface area contributed by atoms with E-state index >= 15 is 0 Å². The molecule has 0 bridgehead atoms. The van der Waals surface area contributed by atoms with Crippen LogP contribution in [-0.4, -0.2) is 36.1 Å². The highest BCUT2D eigenvalue weighted by Crippen LogP contribution is 2.29. The average molecular weight is 356 g/mol. The molecule has 0 radical (unpaired) electrons. The van der Waals surface area contributed by atoms with Crippen molar-refractivity contribution in [2.24, 2.45) is 5.92 Å². The van der Waals surface area contributed by atoms with Crippen LogP contribution < -0.4 is 0 Å². The molecule has 1 fully saturated rings. The van der Waals surface area contributed by atoms with Crippen molar-refractivity contribution in [2.45, 2.75) is 51.5 Å². The summed E-state index contributed by atoms with van der Waals surface area (Å²) >= 11 is 0. The maximum Gasteiger partial charge on any atom is 0.110 e. The molecule has 1 aliphatic rings. The first kappa shape index (κ1) is 19.1. The van der Waals surface area contributed by atoms with Crippen LogP contribution in [0.4, 0.5) is 0 Å². The quantitative estimate of drug-likeness (QED) is 0.824. The molecule has 1 saturated heterocycles. The zero-order chi connectivity index (χ0) is 18.4. The predicted molar refractivity (Wildman–Crippen MR) is 101 cm³/mol. The van der Waals surface area contributed by atoms with Crippen molar-refractivity contribution in [2.75, 3.05) is 6.61 Å². The number of rotatable bonds is 7. The van der Waals surface area contributed by atoms with Gasteiger partial charge in [0.05, 0.1) is 32.0 Å². The maximum absolute atomic E-state index is 10.8. The molecule has 26 heavy (non-hydrogen) atoms. The maximum atomic E-state index is 10.8. The summed E-state index contributed by atoms with van der Waals surface area (Å²) in [6.45, 7) is 5.42. The first-order valence-electron chi connectivity index (χ1n) is 9.26. The number of aliphatic hydroxyl groups excluding tert-OH is 1. The van der Waals surface area contributed by atoms with E-state index in [-0.39, 0.29) is 24.2 Å². The lowest BCUT2D eigenvalue weighted by Gasteiger charge is -2.42. The summed E-state index contributed by atoms with van der Waals surface area (Å²) in [5, 5.41) is 10.8. The van der Waals surface area contributed by atoms with Crippen molar-refractivity contribution in [1.29, 1.82) is 0 Å². The van der Waals surface area contributed by atoms with E-state index < -0.39 is 6.10 Å². The van der Waals surface area contributed by atoms with Gasteiger partial charge in [-0.15, -0.1) is 0 Å².